The van der Waals surface area contributed by atoms with Crippen molar-refractivity contribution < 1.29 is 9.53 Å². The number of unbranched alkanes of at least 4 members (excludes halogenated alkanes) is 1. The van der Waals surface area contributed by atoms with E-state index in [2.05, 4.69) is 6.92 Å². The minimum absolute atomic E-state index is 0.0130. The number of esters is 1. The molecule has 0 saturated heterocycles. The minimum atomic E-state index is 0.0130. The lowest BCUT2D eigenvalue weighted by Gasteiger charge is -2.23. The highest BCUT2D eigenvalue weighted by Crippen LogP contribution is 2.29. The molecule has 2 heteroatoms. The van der Waals surface area contributed by atoms with Gasteiger partial charge in [0.15, 0.2) is 0 Å². The summed E-state index contributed by atoms with van der Waals surface area (Å²) in [6, 6.07) is 0. The number of ether oxygens (including phenoxy) is 1. The Morgan fingerprint density at radius 3 is 2.62 bits per heavy atom. The van der Waals surface area contributed by atoms with Gasteiger partial charge in [0.2, 0.25) is 0 Å². The molecule has 0 radical (unpaired) electrons. The molecule has 1 aliphatic carbocycles. The molecule has 16 heavy (non-hydrogen) atoms. The van der Waals surface area contributed by atoms with Crippen LogP contribution < -0.4 is 0 Å². The van der Waals surface area contributed by atoms with Crippen molar-refractivity contribution in [2.75, 3.05) is 6.61 Å². The molecular formula is C14H26O2. The molecule has 0 spiro atoms. The van der Waals surface area contributed by atoms with Crippen LogP contribution in [0.15, 0.2) is 0 Å². The molecule has 0 N–H and O–H groups in total. The number of rotatable bonds is 6. The average molecular weight is 226 g/mol. The van der Waals surface area contributed by atoms with E-state index in [1.165, 1.54) is 32.1 Å². The summed E-state index contributed by atoms with van der Waals surface area (Å²) < 4.78 is 5.25. The molecule has 0 heterocycles. The van der Waals surface area contributed by atoms with Gasteiger partial charge in [0.1, 0.15) is 0 Å². The Morgan fingerprint density at radius 1 is 1.31 bits per heavy atom. The third kappa shape index (κ3) is 5.00. The van der Waals surface area contributed by atoms with Crippen LogP contribution in [0.25, 0.3) is 0 Å². The summed E-state index contributed by atoms with van der Waals surface area (Å²) in [5, 5.41) is 0. The summed E-state index contributed by atoms with van der Waals surface area (Å²) >= 11 is 0. The molecular weight excluding hydrogens is 200 g/mol. The first-order valence-electron chi connectivity index (χ1n) is 6.90. The van der Waals surface area contributed by atoms with Gasteiger partial charge in [-0.05, 0) is 18.8 Å². The van der Waals surface area contributed by atoms with Crippen molar-refractivity contribution in [2.45, 2.75) is 65.2 Å². The average Bonchev–Trinajstić information content (AvgIpc) is 2.30. The van der Waals surface area contributed by atoms with E-state index in [0.717, 1.165) is 25.2 Å². The van der Waals surface area contributed by atoms with Crippen LogP contribution in [0, 0.1) is 11.8 Å². The maximum atomic E-state index is 11.7. The summed E-state index contributed by atoms with van der Waals surface area (Å²) in [7, 11) is 0. The van der Waals surface area contributed by atoms with Crippen LogP contribution in [0.4, 0.5) is 0 Å². The lowest BCUT2D eigenvalue weighted by molar-refractivity contribution is -0.148. The van der Waals surface area contributed by atoms with Crippen molar-refractivity contribution in [1.29, 1.82) is 0 Å². The van der Waals surface area contributed by atoms with Crippen molar-refractivity contribution in [3.63, 3.8) is 0 Å². The number of hydrogen-bond acceptors (Lipinski definition) is 2. The summed E-state index contributed by atoms with van der Waals surface area (Å²) in [5.41, 5.74) is 0. The first kappa shape index (κ1) is 13.5. The van der Waals surface area contributed by atoms with Gasteiger partial charge in [0, 0.05) is 0 Å². The predicted molar refractivity (Wildman–Crippen MR) is 66.2 cm³/mol. The monoisotopic (exact) mass is 226 g/mol. The summed E-state index contributed by atoms with van der Waals surface area (Å²) in [6.07, 6.45) is 9.81. The first-order valence-corrected chi connectivity index (χ1v) is 6.90. The fourth-order valence-electron chi connectivity index (χ4n) is 2.48. The molecule has 0 aromatic rings. The molecule has 1 rings (SSSR count). The molecule has 1 saturated carbocycles. The van der Waals surface area contributed by atoms with Gasteiger partial charge in [-0.3, -0.25) is 4.79 Å². The molecule has 0 bridgehead atoms. The molecule has 0 aromatic carbocycles. The normalized spacial score (nSPS) is 19.4. The number of carbonyl (C=O) groups excluding carboxylic acids is 1. The van der Waals surface area contributed by atoms with Gasteiger partial charge in [0.05, 0.1) is 12.5 Å². The zero-order valence-corrected chi connectivity index (χ0v) is 10.8. The Labute approximate surface area is 99.8 Å². The summed E-state index contributed by atoms with van der Waals surface area (Å²) in [5.74, 6) is 0.876. The van der Waals surface area contributed by atoms with Gasteiger partial charge in [-0.2, -0.15) is 0 Å². The van der Waals surface area contributed by atoms with E-state index >= 15 is 0 Å². The minimum Gasteiger partial charge on any atom is -0.465 e. The highest BCUT2D eigenvalue weighted by atomic mass is 16.5. The topological polar surface area (TPSA) is 26.3 Å². The Kier molecular flexibility index (Phi) is 6.51. The third-order valence-corrected chi connectivity index (χ3v) is 3.56. The Hall–Kier alpha value is -0.530. The van der Waals surface area contributed by atoms with Crippen molar-refractivity contribution in [2.24, 2.45) is 11.8 Å². The van der Waals surface area contributed by atoms with Gasteiger partial charge >= 0.3 is 5.97 Å². The lowest BCUT2D eigenvalue weighted by Crippen LogP contribution is -2.20. The maximum Gasteiger partial charge on any atom is 0.308 e. The molecule has 1 atom stereocenters. The standard InChI is InChI=1S/C14H26O2/c1-3-4-10-16-14(15)12(2)11-13-8-6-5-7-9-13/h12-13H,3-11H2,1-2H3. The molecule has 1 fully saturated rings. The zero-order chi connectivity index (χ0) is 11.8. The first-order chi connectivity index (χ1) is 7.74. The second kappa shape index (κ2) is 7.70. The van der Waals surface area contributed by atoms with Crippen LogP contribution in [-0.2, 0) is 9.53 Å². The summed E-state index contributed by atoms with van der Waals surface area (Å²) in [4.78, 5) is 11.7. The second-order valence-electron chi connectivity index (χ2n) is 5.16. The SMILES string of the molecule is CCCCOC(=O)C(C)CC1CCCCC1. The maximum absolute atomic E-state index is 11.7. The molecule has 0 aromatic heterocycles. The quantitative estimate of drug-likeness (QED) is 0.506. The largest absolute Gasteiger partial charge is 0.465 e. The molecule has 1 aliphatic rings. The van der Waals surface area contributed by atoms with Gasteiger partial charge in [-0.15, -0.1) is 0 Å². The lowest BCUT2D eigenvalue weighted by atomic mass is 9.83. The van der Waals surface area contributed by atoms with Gasteiger partial charge < -0.3 is 4.74 Å². The van der Waals surface area contributed by atoms with E-state index in [-0.39, 0.29) is 11.9 Å². The number of carbonyl (C=O) groups is 1. The van der Waals surface area contributed by atoms with Gasteiger partial charge in [-0.25, -0.2) is 0 Å². The molecule has 2 nitrogen and oxygen atoms in total. The van der Waals surface area contributed by atoms with Crippen molar-refractivity contribution >= 4 is 5.97 Å². The van der Waals surface area contributed by atoms with Crippen LogP contribution in [-0.4, -0.2) is 12.6 Å². The Bertz CT molecular complexity index is 195. The van der Waals surface area contributed by atoms with Crippen LogP contribution in [0.3, 0.4) is 0 Å². The fraction of sp³-hybridized carbons (Fsp3) is 0.929. The second-order valence-corrected chi connectivity index (χ2v) is 5.16. The van der Waals surface area contributed by atoms with Crippen LogP contribution in [0.5, 0.6) is 0 Å². The fourth-order valence-corrected chi connectivity index (χ4v) is 2.48. The Morgan fingerprint density at radius 2 is 2.00 bits per heavy atom. The van der Waals surface area contributed by atoms with Gasteiger partial charge in [0.25, 0.3) is 0 Å². The van der Waals surface area contributed by atoms with Crippen molar-refractivity contribution in [1.82, 2.24) is 0 Å². The van der Waals surface area contributed by atoms with E-state index in [0.29, 0.717) is 6.61 Å². The molecule has 0 amide bonds. The molecule has 0 aliphatic heterocycles. The summed E-state index contributed by atoms with van der Waals surface area (Å²) in [6.45, 7) is 4.73. The zero-order valence-electron chi connectivity index (χ0n) is 10.8. The van der Waals surface area contributed by atoms with E-state index in [9.17, 15) is 4.79 Å². The van der Waals surface area contributed by atoms with Crippen molar-refractivity contribution in [3.8, 4) is 0 Å². The Balaban J connectivity index is 2.16. The smallest absolute Gasteiger partial charge is 0.308 e. The molecule has 1 unspecified atom stereocenters. The van der Waals surface area contributed by atoms with Crippen LogP contribution in [0.1, 0.15) is 65.2 Å². The van der Waals surface area contributed by atoms with Crippen LogP contribution >= 0.6 is 0 Å². The van der Waals surface area contributed by atoms with E-state index in [1.54, 1.807) is 0 Å². The van der Waals surface area contributed by atoms with Crippen LogP contribution in [0.2, 0.25) is 0 Å². The third-order valence-electron chi connectivity index (χ3n) is 3.56. The van der Waals surface area contributed by atoms with E-state index in [4.69, 9.17) is 4.74 Å². The van der Waals surface area contributed by atoms with E-state index in [1.807, 2.05) is 6.92 Å². The highest BCUT2D eigenvalue weighted by Gasteiger charge is 2.21. The number of hydrogen-bond donors (Lipinski definition) is 0. The van der Waals surface area contributed by atoms with E-state index < -0.39 is 0 Å². The van der Waals surface area contributed by atoms with Gasteiger partial charge in [-0.1, -0.05) is 52.4 Å². The van der Waals surface area contributed by atoms with Crippen molar-refractivity contribution in [3.05, 3.63) is 0 Å². The predicted octanol–water partition coefficient (Wildman–Crippen LogP) is 3.94. The molecule has 94 valence electrons. The highest BCUT2D eigenvalue weighted by molar-refractivity contribution is 5.71.